The first-order chi connectivity index (χ1) is 10.6. The third kappa shape index (κ3) is 3.83. The molecule has 0 unspecified atom stereocenters. The number of benzene rings is 1. The molecule has 4 N–H and O–H groups in total. The number of hydrogen-bond acceptors (Lipinski definition) is 5. The molecule has 2 amide bonds. The van der Waals surface area contributed by atoms with Gasteiger partial charge in [0.1, 0.15) is 17.5 Å². The van der Waals surface area contributed by atoms with Crippen LogP contribution in [0.15, 0.2) is 36.8 Å². The minimum atomic E-state index is -1.07. The molecule has 1 aromatic heterocycles. The number of rotatable bonds is 6. The Morgan fingerprint density at radius 2 is 2.09 bits per heavy atom. The summed E-state index contributed by atoms with van der Waals surface area (Å²) in [7, 11) is 1.54. The molecule has 2 rings (SSSR count). The quantitative estimate of drug-likeness (QED) is 0.606. The Morgan fingerprint density at radius 1 is 1.36 bits per heavy atom. The van der Waals surface area contributed by atoms with Gasteiger partial charge in [0, 0.05) is 5.69 Å². The topological polar surface area (TPSA) is 116 Å². The Morgan fingerprint density at radius 3 is 2.64 bits per heavy atom. The van der Waals surface area contributed by atoms with E-state index in [9.17, 15) is 14.7 Å². The van der Waals surface area contributed by atoms with Crippen molar-refractivity contribution >= 4 is 17.5 Å². The first kappa shape index (κ1) is 15.5. The Bertz CT molecular complexity index is 625. The number of hydrogen-bond donors (Lipinski definition) is 4. The SMILES string of the molecule is COc1ccc(NC(=O)[C@H](CO)NC(=O)c2cnc[nH]2)cc1. The van der Waals surface area contributed by atoms with Gasteiger partial charge in [-0.05, 0) is 24.3 Å². The van der Waals surface area contributed by atoms with Crippen LogP contribution < -0.4 is 15.4 Å². The number of aliphatic hydroxyl groups is 1. The van der Waals surface area contributed by atoms with Crippen LogP contribution in [-0.4, -0.2) is 46.6 Å². The number of amides is 2. The molecule has 1 aromatic carbocycles. The van der Waals surface area contributed by atoms with Crippen molar-refractivity contribution in [3.63, 3.8) is 0 Å². The molecule has 0 bridgehead atoms. The summed E-state index contributed by atoms with van der Waals surface area (Å²) >= 11 is 0. The zero-order chi connectivity index (χ0) is 15.9. The number of carbonyl (C=O) groups is 2. The van der Waals surface area contributed by atoms with Crippen LogP contribution in [-0.2, 0) is 4.79 Å². The Kier molecular flexibility index (Phi) is 5.10. The summed E-state index contributed by atoms with van der Waals surface area (Å²) in [6.45, 7) is -0.526. The van der Waals surface area contributed by atoms with Crippen LogP contribution >= 0.6 is 0 Å². The van der Waals surface area contributed by atoms with E-state index >= 15 is 0 Å². The molecule has 0 saturated heterocycles. The molecule has 0 spiro atoms. The third-order valence-corrected chi connectivity index (χ3v) is 2.90. The first-order valence-corrected chi connectivity index (χ1v) is 6.49. The average molecular weight is 304 g/mol. The van der Waals surface area contributed by atoms with Gasteiger partial charge in [0.15, 0.2) is 0 Å². The van der Waals surface area contributed by atoms with E-state index in [4.69, 9.17) is 4.74 Å². The minimum Gasteiger partial charge on any atom is -0.497 e. The number of aliphatic hydroxyl groups excluding tert-OH is 1. The molecule has 1 atom stereocenters. The standard InChI is InChI=1S/C14H16N4O4/c1-22-10-4-2-9(3-5-10)17-14(21)12(7-19)18-13(20)11-6-15-8-16-11/h2-6,8,12,19H,7H2,1H3,(H,15,16)(H,17,21)(H,18,20)/t12-/m0/s1. The number of nitrogens with zero attached hydrogens (tertiary/aromatic N) is 1. The van der Waals surface area contributed by atoms with Crippen molar-refractivity contribution in [3.8, 4) is 5.75 Å². The van der Waals surface area contributed by atoms with Crippen LogP contribution in [0.5, 0.6) is 5.75 Å². The second-order valence-electron chi connectivity index (χ2n) is 4.39. The van der Waals surface area contributed by atoms with E-state index in [-0.39, 0.29) is 5.69 Å². The van der Waals surface area contributed by atoms with E-state index in [1.54, 1.807) is 31.4 Å². The Labute approximate surface area is 126 Å². The molecule has 1 heterocycles. The lowest BCUT2D eigenvalue weighted by Gasteiger charge is -2.15. The highest BCUT2D eigenvalue weighted by atomic mass is 16.5. The molecule has 116 valence electrons. The molecule has 0 fully saturated rings. The van der Waals surface area contributed by atoms with Crippen molar-refractivity contribution < 1.29 is 19.4 Å². The van der Waals surface area contributed by atoms with E-state index in [0.29, 0.717) is 11.4 Å². The monoisotopic (exact) mass is 304 g/mol. The van der Waals surface area contributed by atoms with Gasteiger partial charge in [0.25, 0.3) is 5.91 Å². The number of methoxy groups -OCH3 is 1. The van der Waals surface area contributed by atoms with Crippen molar-refractivity contribution in [2.45, 2.75) is 6.04 Å². The molecule has 8 nitrogen and oxygen atoms in total. The number of aromatic amines is 1. The maximum Gasteiger partial charge on any atom is 0.270 e. The summed E-state index contributed by atoms with van der Waals surface area (Å²) < 4.78 is 5.02. The van der Waals surface area contributed by atoms with Crippen molar-refractivity contribution in [3.05, 3.63) is 42.5 Å². The van der Waals surface area contributed by atoms with E-state index in [1.165, 1.54) is 12.5 Å². The lowest BCUT2D eigenvalue weighted by Crippen LogP contribution is -2.46. The molecule has 0 aliphatic rings. The number of ether oxygens (including phenoxy) is 1. The summed E-state index contributed by atoms with van der Waals surface area (Å²) in [4.78, 5) is 30.2. The van der Waals surface area contributed by atoms with Gasteiger partial charge in [-0.2, -0.15) is 0 Å². The predicted octanol–water partition coefficient (Wildman–Crippen LogP) is 0.148. The number of imidazole rings is 1. The van der Waals surface area contributed by atoms with Gasteiger partial charge < -0.3 is 25.5 Å². The van der Waals surface area contributed by atoms with Gasteiger partial charge in [-0.15, -0.1) is 0 Å². The van der Waals surface area contributed by atoms with Gasteiger partial charge in [-0.1, -0.05) is 0 Å². The van der Waals surface area contributed by atoms with E-state index in [2.05, 4.69) is 20.6 Å². The molecular formula is C14H16N4O4. The first-order valence-electron chi connectivity index (χ1n) is 6.49. The molecule has 22 heavy (non-hydrogen) atoms. The normalized spacial score (nSPS) is 11.5. The highest BCUT2D eigenvalue weighted by Gasteiger charge is 2.21. The van der Waals surface area contributed by atoms with Gasteiger partial charge in [0.2, 0.25) is 5.91 Å². The fourth-order valence-corrected chi connectivity index (χ4v) is 1.71. The van der Waals surface area contributed by atoms with Gasteiger partial charge in [-0.3, -0.25) is 9.59 Å². The number of anilines is 1. The van der Waals surface area contributed by atoms with E-state index < -0.39 is 24.5 Å². The van der Waals surface area contributed by atoms with Crippen LogP contribution in [0, 0.1) is 0 Å². The summed E-state index contributed by atoms with van der Waals surface area (Å²) in [6.07, 6.45) is 2.67. The van der Waals surface area contributed by atoms with Crippen molar-refractivity contribution in [2.24, 2.45) is 0 Å². The highest BCUT2D eigenvalue weighted by molar-refractivity contribution is 6.00. The maximum absolute atomic E-state index is 12.1. The maximum atomic E-state index is 12.1. The highest BCUT2D eigenvalue weighted by Crippen LogP contribution is 2.15. The second kappa shape index (κ2) is 7.23. The fraction of sp³-hybridized carbons (Fsp3) is 0.214. The van der Waals surface area contributed by atoms with Gasteiger partial charge in [0.05, 0.1) is 26.2 Å². The second-order valence-corrected chi connectivity index (χ2v) is 4.39. The molecule has 8 heteroatoms. The molecule has 0 aliphatic heterocycles. The minimum absolute atomic E-state index is 0.204. The molecule has 0 aliphatic carbocycles. The number of nitrogens with one attached hydrogen (secondary N) is 3. The molecule has 0 saturated carbocycles. The molecule has 0 radical (unpaired) electrons. The Balaban J connectivity index is 1.97. The predicted molar refractivity (Wildman–Crippen MR) is 78.6 cm³/mol. The van der Waals surface area contributed by atoms with Crippen LogP contribution in [0.4, 0.5) is 5.69 Å². The summed E-state index contributed by atoms with van der Waals surface area (Å²) in [5.41, 5.74) is 0.732. The summed E-state index contributed by atoms with van der Waals surface area (Å²) in [5.74, 6) is -0.397. The van der Waals surface area contributed by atoms with Gasteiger partial charge in [-0.25, -0.2) is 4.98 Å². The van der Waals surface area contributed by atoms with Crippen LogP contribution in [0.3, 0.4) is 0 Å². The molecular weight excluding hydrogens is 288 g/mol. The largest absolute Gasteiger partial charge is 0.497 e. The lowest BCUT2D eigenvalue weighted by atomic mass is 10.2. The van der Waals surface area contributed by atoms with Crippen LogP contribution in [0.1, 0.15) is 10.5 Å². The zero-order valence-electron chi connectivity index (χ0n) is 11.9. The number of aromatic nitrogens is 2. The fourth-order valence-electron chi connectivity index (χ4n) is 1.71. The van der Waals surface area contributed by atoms with Crippen LogP contribution in [0.25, 0.3) is 0 Å². The zero-order valence-corrected chi connectivity index (χ0v) is 11.9. The smallest absolute Gasteiger partial charge is 0.270 e. The van der Waals surface area contributed by atoms with Crippen LogP contribution in [0.2, 0.25) is 0 Å². The average Bonchev–Trinajstić information content (AvgIpc) is 3.07. The molecule has 2 aromatic rings. The summed E-state index contributed by atoms with van der Waals surface area (Å²) in [5, 5.41) is 14.3. The Hall–Kier alpha value is -2.87. The van der Waals surface area contributed by atoms with E-state index in [1.807, 2.05) is 0 Å². The van der Waals surface area contributed by atoms with E-state index in [0.717, 1.165) is 0 Å². The third-order valence-electron chi connectivity index (χ3n) is 2.90. The number of carbonyl (C=O) groups excluding carboxylic acids is 2. The van der Waals surface area contributed by atoms with Crippen molar-refractivity contribution in [1.29, 1.82) is 0 Å². The number of H-pyrrole nitrogens is 1. The van der Waals surface area contributed by atoms with Crippen molar-refractivity contribution in [2.75, 3.05) is 19.0 Å². The van der Waals surface area contributed by atoms with Gasteiger partial charge >= 0.3 is 0 Å². The lowest BCUT2D eigenvalue weighted by molar-refractivity contribution is -0.118. The summed E-state index contributed by atoms with van der Waals surface area (Å²) in [6, 6.07) is 5.61. The van der Waals surface area contributed by atoms with Crippen molar-refractivity contribution in [1.82, 2.24) is 15.3 Å².